The summed E-state index contributed by atoms with van der Waals surface area (Å²) in [4.78, 5) is 11.4. The van der Waals surface area contributed by atoms with Gasteiger partial charge in [0, 0.05) is 32.9 Å². The van der Waals surface area contributed by atoms with Crippen molar-refractivity contribution in [1.29, 1.82) is 0 Å². The number of hydrogen-bond donors (Lipinski definition) is 2. The first-order chi connectivity index (χ1) is 13.3. The summed E-state index contributed by atoms with van der Waals surface area (Å²) in [5, 5.41) is 6.81. The molecule has 1 aliphatic rings. The molecule has 1 saturated heterocycles. The zero-order valence-corrected chi connectivity index (χ0v) is 19.2. The van der Waals surface area contributed by atoms with Gasteiger partial charge in [-0.15, -0.1) is 24.0 Å². The third-order valence-corrected chi connectivity index (χ3v) is 5.08. The zero-order valence-electron chi connectivity index (χ0n) is 16.9. The summed E-state index contributed by atoms with van der Waals surface area (Å²) >= 11 is 0. The van der Waals surface area contributed by atoms with E-state index in [1.54, 1.807) is 7.05 Å². The van der Waals surface area contributed by atoms with Crippen molar-refractivity contribution in [2.75, 3.05) is 25.0 Å². The van der Waals surface area contributed by atoms with Crippen LogP contribution in [0.15, 0.2) is 53.7 Å². The van der Waals surface area contributed by atoms with Crippen LogP contribution in [0.1, 0.15) is 49.8 Å². The highest BCUT2D eigenvalue weighted by Crippen LogP contribution is 2.17. The maximum atomic E-state index is 4.68. The molecule has 6 heteroatoms. The Morgan fingerprint density at radius 3 is 2.39 bits per heavy atom. The van der Waals surface area contributed by atoms with E-state index in [9.17, 15) is 0 Å². The Balaban J connectivity index is 0.00000280. The Hall–Kier alpha value is -1.83. The molecular weight excluding hydrogens is 461 g/mol. The molecule has 0 amide bonds. The van der Waals surface area contributed by atoms with Gasteiger partial charge in [0.15, 0.2) is 5.96 Å². The molecule has 0 bridgehead atoms. The lowest BCUT2D eigenvalue weighted by atomic mass is 10.1. The number of halogens is 1. The second-order valence-electron chi connectivity index (χ2n) is 7.13. The standard InChI is InChI=1S/C22H31N5.HI/c1-18(20-10-6-5-7-11-20)26-22(23-2)25-17-19-12-13-21(24-16-19)27-14-8-3-4-9-15-27;/h5-7,10-13,16,18H,3-4,8-9,14-15,17H2,1-2H3,(H2,23,25,26);1H. The first-order valence-electron chi connectivity index (χ1n) is 9.98. The van der Waals surface area contributed by atoms with Gasteiger partial charge in [0.1, 0.15) is 5.82 Å². The summed E-state index contributed by atoms with van der Waals surface area (Å²) in [5.41, 5.74) is 2.40. The van der Waals surface area contributed by atoms with Crippen molar-refractivity contribution in [2.24, 2.45) is 4.99 Å². The van der Waals surface area contributed by atoms with E-state index in [1.807, 2.05) is 12.3 Å². The van der Waals surface area contributed by atoms with E-state index in [4.69, 9.17) is 0 Å². The smallest absolute Gasteiger partial charge is 0.191 e. The average molecular weight is 493 g/mol. The van der Waals surface area contributed by atoms with Crippen LogP contribution in [-0.4, -0.2) is 31.1 Å². The van der Waals surface area contributed by atoms with Crippen molar-refractivity contribution >= 4 is 35.8 Å². The Bertz CT molecular complexity index is 709. The minimum atomic E-state index is 0. The maximum Gasteiger partial charge on any atom is 0.191 e. The van der Waals surface area contributed by atoms with Crippen molar-refractivity contribution in [3.05, 3.63) is 59.8 Å². The molecule has 5 nitrogen and oxygen atoms in total. The van der Waals surface area contributed by atoms with Crippen LogP contribution in [0.4, 0.5) is 5.82 Å². The number of nitrogens with zero attached hydrogens (tertiary/aromatic N) is 3. The lowest BCUT2D eigenvalue weighted by Crippen LogP contribution is -2.38. The van der Waals surface area contributed by atoms with Crippen LogP contribution in [0.5, 0.6) is 0 Å². The van der Waals surface area contributed by atoms with Gasteiger partial charge in [0.25, 0.3) is 0 Å². The summed E-state index contributed by atoms with van der Waals surface area (Å²) in [7, 11) is 1.80. The van der Waals surface area contributed by atoms with Gasteiger partial charge in [-0.05, 0) is 37.0 Å². The van der Waals surface area contributed by atoms with Crippen LogP contribution >= 0.6 is 24.0 Å². The highest BCUT2D eigenvalue weighted by molar-refractivity contribution is 14.0. The normalized spacial score (nSPS) is 15.9. The van der Waals surface area contributed by atoms with Crippen molar-refractivity contribution in [3.63, 3.8) is 0 Å². The highest BCUT2D eigenvalue weighted by Gasteiger charge is 2.11. The van der Waals surface area contributed by atoms with Crippen LogP contribution in [0.2, 0.25) is 0 Å². The third-order valence-electron chi connectivity index (χ3n) is 5.08. The monoisotopic (exact) mass is 493 g/mol. The van der Waals surface area contributed by atoms with E-state index >= 15 is 0 Å². The largest absolute Gasteiger partial charge is 0.357 e. The summed E-state index contributed by atoms with van der Waals surface area (Å²) < 4.78 is 0. The molecule has 0 saturated carbocycles. The van der Waals surface area contributed by atoms with Crippen LogP contribution in [0, 0.1) is 0 Å². The van der Waals surface area contributed by atoms with Gasteiger partial charge in [0.2, 0.25) is 0 Å². The number of anilines is 1. The molecule has 2 heterocycles. The molecule has 1 atom stereocenters. The molecule has 0 aliphatic carbocycles. The van der Waals surface area contributed by atoms with Crippen LogP contribution in [-0.2, 0) is 6.54 Å². The van der Waals surface area contributed by atoms with E-state index in [2.05, 4.69) is 68.8 Å². The molecular formula is C22H32IN5. The molecule has 152 valence electrons. The van der Waals surface area contributed by atoms with E-state index in [-0.39, 0.29) is 30.0 Å². The SMILES string of the molecule is CN=C(NCc1ccc(N2CCCCCC2)nc1)NC(C)c1ccccc1.I. The lowest BCUT2D eigenvalue weighted by Gasteiger charge is -2.21. The summed E-state index contributed by atoms with van der Waals surface area (Å²) in [6.07, 6.45) is 7.19. The van der Waals surface area contributed by atoms with Gasteiger partial charge >= 0.3 is 0 Å². The number of guanidine groups is 1. The molecule has 0 spiro atoms. The molecule has 3 rings (SSSR count). The Labute approximate surface area is 186 Å². The highest BCUT2D eigenvalue weighted by atomic mass is 127. The molecule has 1 unspecified atom stereocenters. The van der Waals surface area contributed by atoms with Crippen molar-refractivity contribution in [3.8, 4) is 0 Å². The van der Waals surface area contributed by atoms with E-state index < -0.39 is 0 Å². The van der Waals surface area contributed by atoms with Crippen molar-refractivity contribution in [1.82, 2.24) is 15.6 Å². The van der Waals surface area contributed by atoms with E-state index in [0.29, 0.717) is 6.54 Å². The fourth-order valence-electron chi connectivity index (χ4n) is 3.42. The number of hydrogen-bond acceptors (Lipinski definition) is 3. The Kier molecular flexibility index (Phi) is 9.54. The number of aliphatic imine (C=N–C) groups is 1. The van der Waals surface area contributed by atoms with Gasteiger partial charge in [-0.3, -0.25) is 4.99 Å². The minimum absolute atomic E-state index is 0. The molecule has 0 radical (unpaired) electrons. The minimum Gasteiger partial charge on any atom is -0.357 e. The molecule has 2 N–H and O–H groups in total. The van der Waals surface area contributed by atoms with Crippen molar-refractivity contribution < 1.29 is 0 Å². The van der Waals surface area contributed by atoms with Gasteiger partial charge in [-0.1, -0.05) is 49.2 Å². The molecule has 1 aromatic heterocycles. The quantitative estimate of drug-likeness (QED) is 0.366. The van der Waals surface area contributed by atoms with E-state index in [0.717, 1.165) is 30.4 Å². The number of rotatable bonds is 5. The van der Waals surface area contributed by atoms with Gasteiger partial charge < -0.3 is 15.5 Å². The number of benzene rings is 1. The third kappa shape index (κ3) is 6.65. The average Bonchev–Trinajstić information content (AvgIpc) is 3.01. The fourth-order valence-corrected chi connectivity index (χ4v) is 3.42. The second kappa shape index (κ2) is 11.9. The maximum absolute atomic E-state index is 4.68. The molecule has 1 fully saturated rings. The topological polar surface area (TPSA) is 52.6 Å². The fraction of sp³-hybridized carbons (Fsp3) is 0.455. The van der Waals surface area contributed by atoms with Crippen LogP contribution in [0.25, 0.3) is 0 Å². The summed E-state index contributed by atoms with van der Waals surface area (Å²) in [5.74, 6) is 1.89. The molecule has 2 aromatic rings. The van der Waals surface area contributed by atoms with Gasteiger partial charge in [-0.25, -0.2) is 4.98 Å². The van der Waals surface area contributed by atoms with Gasteiger partial charge in [-0.2, -0.15) is 0 Å². The molecule has 1 aliphatic heterocycles. The van der Waals surface area contributed by atoms with Gasteiger partial charge in [0.05, 0.1) is 6.04 Å². The predicted molar refractivity (Wildman–Crippen MR) is 129 cm³/mol. The Morgan fingerprint density at radius 1 is 1.07 bits per heavy atom. The van der Waals surface area contributed by atoms with Crippen LogP contribution in [0.3, 0.4) is 0 Å². The summed E-state index contributed by atoms with van der Waals surface area (Å²) in [6.45, 7) is 5.09. The Morgan fingerprint density at radius 2 is 1.79 bits per heavy atom. The zero-order chi connectivity index (χ0) is 18.9. The number of pyridine rings is 1. The second-order valence-corrected chi connectivity index (χ2v) is 7.13. The molecule has 1 aromatic carbocycles. The first kappa shape index (κ1) is 22.5. The van der Waals surface area contributed by atoms with Crippen molar-refractivity contribution in [2.45, 2.75) is 45.2 Å². The number of aromatic nitrogens is 1. The van der Waals surface area contributed by atoms with E-state index in [1.165, 1.54) is 31.2 Å². The summed E-state index contributed by atoms with van der Waals surface area (Å²) in [6, 6.07) is 14.9. The number of nitrogens with one attached hydrogen (secondary N) is 2. The molecule has 28 heavy (non-hydrogen) atoms. The van der Waals surface area contributed by atoms with Crippen LogP contribution < -0.4 is 15.5 Å². The predicted octanol–water partition coefficient (Wildman–Crippen LogP) is 4.51. The lowest BCUT2D eigenvalue weighted by molar-refractivity contribution is 0.685. The first-order valence-corrected chi connectivity index (χ1v) is 9.98.